The van der Waals surface area contributed by atoms with Crippen molar-refractivity contribution in [2.24, 2.45) is 0 Å². The molecular weight excluding hydrogens is 240 g/mol. The van der Waals surface area contributed by atoms with Crippen molar-refractivity contribution >= 4 is 0 Å². The lowest BCUT2D eigenvalue weighted by atomic mass is 10.2. The van der Waals surface area contributed by atoms with Crippen molar-refractivity contribution in [3.63, 3.8) is 0 Å². The van der Waals surface area contributed by atoms with Gasteiger partial charge in [0.2, 0.25) is 0 Å². The van der Waals surface area contributed by atoms with Crippen LogP contribution in [0.4, 0.5) is 0 Å². The van der Waals surface area contributed by atoms with Crippen LogP contribution in [0.5, 0.6) is 0 Å². The van der Waals surface area contributed by atoms with Crippen molar-refractivity contribution in [2.75, 3.05) is 6.54 Å². The fourth-order valence-corrected chi connectivity index (χ4v) is 2.57. The first kappa shape index (κ1) is 12.3. The summed E-state index contributed by atoms with van der Waals surface area (Å²) >= 11 is 0. The topological polar surface area (TPSA) is 62.6 Å². The largest absolute Gasteiger partial charge is 0.295 e. The lowest BCUT2D eigenvalue weighted by molar-refractivity contribution is 0.216. The van der Waals surface area contributed by atoms with Gasteiger partial charge in [-0.3, -0.25) is 9.58 Å². The van der Waals surface area contributed by atoms with Gasteiger partial charge in [0.05, 0.1) is 11.4 Å². The molecule has 1 aliphatic rings. The number of nitrogens with one attached hydrogen (secondary N) is 1. The quantitative estimate of drug-likeness (QED) is 0.897. The molecule has 3 rings (SSSR count). The van der Waals surface area contributed by atoms with Gasteiger partial charge in [0.25, 0.3) is 0 Å². The summed E-state index contributed by atoms with van der Waals surface area (Å²) in [6.45, 7) is 9.52. The first-order valence-electron chi connectivity index (χ1n) is 6.83. The Balaban J connectivity index is 0.00000147. The lowest BCUT2D eigenvalue weighted by Crippen LogP contribution is -2.30. The summed E-state index contributed by atoms with van der Waals surface area (Å²) < 4.78 is 2.12. The van der Waals surface area contributed by atoms with E-state index in [2.05, 4.69) is 50.0 Å². The number of rotatable bonds is 2. The van der Waals surface area contributed by atoms with Crippen LogP contribution in [0.2, 0.25) is 0 Å². The molecule has 1 N–H and O–H groups in total. The Hall–Kier alpha value is -1.69. The molecule has 0 aromatic carbocycles. The summed E-state index contributed by atoms with van der Waals surface area (Å²) in [5.41, 5.74) is 3.95. The van der Waals surface area contributed by atoms with Crippen LogP contribution in [-0.4, -0.2) is 42.7 Å². The van der Waals surface area contributed by atoms with Gasteiger partial charge >= 0.3 is 0 Å². The molecule has 0 saturated heterocycles. The Labute approximate surface area is 114 Å². The van der Waals surface area contributed by atoms with Crippen LogP contribution >= 0.6 is 0 Å². The zero-order valence-corrected chi connectivity index (χ0v) is 11.7. The van der Waals surface area contributed by atoms with E-state index in [-0.39, 0.29) is 1.43 Å². The fraction of sp³-hybridized carbons (Fsp3) is 0.615. The highest BCUT2D eigenvalue weighted by molar-refractivity contribution is 5.56. The summed E-state index contributed by atoms with van der Waals surface area (Å²) in [7, 11) is 0. The van der Waals surface area contributed by atoms with E-state index in [1.807, 2.05) is 6.92 Å². The van der Waals surface area contributed by atoms with Crippen molar-refractivity contribution in [1.82, 2.24) is 30.1 Å². The van der Waals surface area contributed by atoms with Gasteiger partial charge in [-0.05, 0) is 33.3 Å². The molecule has 2 aromatic heterocycles. The first-order chi connectivity index (χ1) is 9.15. The van der Waals surface area contributed by atoms with E-state index in [1.165, 1.54) is 5.69 Å². The second kappa shape index (κ2) is 4.77. The summed E-state index contributed by atoms with van der Waals surface area (Å²) in [6.07, 6.45) is 1.14. The number of aromatic amines is 1. The van der Waals surface area contributed by atoms with Crippen molar-refractivity contribution in [1.29, 1.82) is 0 Å². The Morgan fingerprint density at radius 3 is 2.84 bits per heavy atom. The average molecular weight is 262 g/mol. The van der Waals surface area contributed by atoms with Gasteiger partial charge in [0.1, 0.15) is 11.4 Å². The maximum absolute atomic E-state index is 4.68. The highest BCUT2D eigenvalue weighted by Gasteiger charge is 2.20. The second-order valence-electron chi connectivity index (χ2n) is 5.42. The van der Waals surface area contributed by atoms with Crippen LogP contribution in [0.15, 0.2) is 6.07 Å². The number of nitrogens with zero attached hydrogens (tertiary/aromatic N) is 5. The molecule has 0 saturated carbocycles. The van der Waals surface area contributed by atoms with Gasteiger partial charge in [0.15, 0.2) is 0 Å². The van der Waals surface area contributed by atoms with E-state index in [0.717, 1.165) is 43.1 Å². The third kappa shape index (κ3) is 2.28. The van der Waals surface area contributed by atoms with Crippen LogP contribution in [0, 0.1) is 6.92 Å². The molecule has 3 heterocycles. The third-order valence-corrected chi connectivity index (χ3v) is 3.74. The summed E-state index contributed by atoms with van der Waals surface area (Å²) in [5.74, 6) is 0. The third-order valence-electron chi connectivity index (χ3n) is 3.74. The van der Waals surface area contributed by atoms with Gasteiger partial charge in [-0.1, -0.05) is 0 Å². The molecule has 0 spiro atoms. The maximum Gasteiger partial charge on any atom is 0.135 e. The van der Waals surface area contributed by atoms with E-state index in [0.29, 0.717) is 6.04 Å². The summed E-state index contributed by atoms with van der Waals surface area (Å²) in [5, 5.41) is 15.6. The zero-order chi connectivity index (χ0) is 13.4. The van der Waals surface area contributed by atoms with Crippen LogP contribution in [0.1, 0.15) is 33.1 Å². The molecule has 0 unspecified atom stereocenters. The molecule has 0 atom stereocenters. The number of hydrogen-bond acceptors (Lipinski definition) is 4. The summed E-state index contributed by atoms with van der Waals surface area (Å²) in [6, 6.07) is 2.71. The Morgan fingerprint density at radius 1 is 1.32 bits per heavy atom. The van der Waals surface area contributed by atoms with Crippen LogP contribution in [0.25, 0.3) is 11.4 Å². The molecule has 2 aromatic rings. The molecule has 1 aliphatic heterocycles. The number of aryl methyl sites for hydroxylation is 2. The number of fused-ring (bicyclic) bond motifs is 1. The Kier molecular flexibility index (Phi) is 3.10. The minimum atomic E-state index is 0. The normalized spacial score (nSPS) is 16.6. The van der Waals surface area contributed by atoms with E-state index < -0.39 is 0 Å². The van der Waals surface area contributed by atoms with E-state index in [9.17, 15) is 0 Å². The molecule has 6 nitrogen and oxygen atoms in total. The summed E-state index contributed by atoms with van der Waals surface area (Å²) in [4.78, 5) is 2.49. The molecule has 0 amide bonds. The predicted molar refractivity (Wildman–Crippen MR) is 74.6 cm³/mol. The van der Waals surface area contributed by atoms with Crippen molar-refractivity contribution < 1.29 is 1.43 Å². The molecule has 104 valence electrons. The van der Waals surface area contributed by atoms with E-state index in [1.54, 1.807) is 0 Å². The number of aromatic nitrogens is 5. The van der Waals surface area contributed by atoms with Crippen molar-refractivity contribution in [2.45, 2.75) is 46.3 Å². The van der Waals surface area contributed by atoms with Crippen LogP contribution in [0.3, 0.4) is 0 Å². The first-order valence-corrected chi connectivity index (χ1v) is 6.83. The predicted octanol–water partition coefficient (Wildman–Crippen LogP) is 1.84. The lowest BCUT2D eigenvalue weighted by Gasteiger charge is -2.23. The van der Waals surface area contributed by atoms with Gasteiger partial charge in [-0.15, -0.1) is 0 Å². The number of hydrogen-bond donors (Lipinski definition) is 1. The molecule has 0 fully saturated rings. The van der Waals surface area contributed by atoms with Gasteiger partial charge in [-0.2, -0.15) is 20.5 Å². The van der Waals surface area contributed by atoms with Gasteiger partial charge < -0.3 is 0 Å². The smallest absolute Gasteiger partial charge is 0.135 e. The average Bonchev–Trinajstić information content (AvgIpc) is 2.90. The molecule has 6 heteroatoms. The van der Waals surface area contributed by atoms with Crippen LogP contribution in [-0.2, 0) is 13.1 Å². The van der Waals surface area contributed by atoms with Gasteiger partial charge in [-0.25, -0.2) is 0 Å². The van der Waals surface area contributed by atoms with Crippen molar-refractivity contribution in [3.05, 3.63) is 17.5 Å². The minimum absolute atomic E-state index is 0. The molecule has 0 radical (unpaired) electrons. The highest BCUT2D eigenvalue weighted by atomic mass is 15.4. The SMILES string of the molecule is Cc1n[nH]nc1-c1cc2n(n1)CCCN(C(C)C)C2.[HH]. The molecule has 0 aliphatic carbocycles. The molecule has 0 bridgehead atoms. The molecular formula is C13H22N6. The van der Waals surface area contributed by atoms with E-state index in [4.69, 9.17) is 0 Å². The minimum Gasteiger partial charge on any atom is -0.295 e. The fourth-order valence-electron chi connectivity index (χ4n) is 2.57. The second-order valence-corrected chi connectivity index (χ2v) is 5.42. The number of H-pyrrole nitrogens is 1. The highest BCUT2D eigenvalue weighted by Crippen LogP contribution is 2.22. The maximum atomic E-state index is 4.68. The molecule has 19 heavy (non-hydrogen) atoms. The Bertz CT molecular complexity index is 573. The van der Waals surface area contributed by atoms with Gasteiger partial charge in [0, 0.05) is 27.1 Å². The van der Waals surface area contributed by atoms with E-state index >= 15 is 0 Å². The Morgan fingerprint density at radius 2 is 2.16 bits per heavy atom. The standard InChI is InChI=1S/C13H20N6.H2/c1-9(2)18-5-4-6-19-11(8-18)7-12(16-19)13-10(3)14-17-15-13;/h7,9H,4-6,8H2,1-3H3,(H,14,15,17);1H. The van der Waals surface area contributed by atoms with Crippen molar-refractivity contribution in [3.8, 4) is 11.4 Å². The van der Waals surface area contributed by atoms with Crippen LogP contribution < -0.4 is 0 Å². The monoisotopic (exact) mass is 262 g/mol. The zero-order valence-electron chi connectivity index (χ0n) is 11.7.